The number of hydrogen-bond acceptors (Lipinski definition) is 4. The molecule has 0 aromatic heterocycles. The smallest absolute Gasteiger partial charge is 0.405 e. The van der Waals surface area contributed by atoms with Crippen LogP contribution in [0.3, 0.4) is 0 Å². The molecule has 10 heteroatoms. The van der Waals surface area contributed by atoms with Crippen molar-refractivity contribution in [2.24, 2.45) is 4.99 Å². The quantitative estimate of drug-likeness (QED) is 0.420. The molecule has 2 aromatic rings. The molecule has 0 bridgehead atoms. The highest BCUT2D eigenvalue weighted by Crippen LogP contribution is 2.51. The van der Waals surface area contributed by atoms with Gasteiger partial charge in [0.25, 0.3) is 0 Å². The van der Waals surface area contributed by atoms with E-state index in [4.69, 9.17) is 61.0 Å². The maximum Gasteiger partial charge on any atom is 0.405 e. The van der Waals surface area contributed by atoms with Crippen LogP contribution in [0.15, 0.2) is 41.4 Å². The highest BCUT2D eigenvalue weighted by atomic mass is 35.5. The lowest BCUT2D eigenvalue weighted by atomic mass is 9.82. The zero-order chi connectivity index (χ0) is 21.2. The number of nitrogens with one attached hydrogen (secondary N) is 1. The first kappa shape index (κ1) is 22.0. The first-order valence-electron chi connectivity index (χ1n) is 8.39. The van der Waals surface area contributed by atoms with Gasteiger partial charge in [0.1, 0.15) is 0 Å². The SMILES string of the molecule is COC[C@@]1(c2cc(Cl)c(Cl)c(Cl)c2Cl)N=C(CNC(=O)O)O[C@@H]1c1ccccc1. The fourth-order valence-corrected chi connectivity index (χ4v) is 4.21. The van der Waals surface area contributed by atoms with E-state index in [1.807, 2.05) is 30.3 Å². The number of methoxy groups -OCH3 is 1. The Morgan fingerprint density at radius 3 is 2.52 bits per heavy atom. The lowest BCUT2D eigenvalue weighted by Crippen LogP contribution is -2.34. The molecule has 1 heterocycles. The highest BCUT2D eigenvalue weighted by Gasteiger charge is 2.50. The van der Waals surface area contributed by atoms with Crippen molar-refractivity contribution in [1.82, 2.24) is 5.32 Å². The Balaban J connectivity index is 2.21. The third kappa shape index (κ3) is 4.27. The van der Waals surface area contributed by atoms with E-state index in [1.54, 1.807) is 6.07 Å². The minimum Gasteiger partial charge on any atom is -0.468 e. The third-order valence-corrected chi connectivity index (χ3v) is 6.19. The summed E-state index contributed by atoms with van der Waals surface area (Å²) in [6, 6.07) is 10.9. The van der Waals surface area contributed by atoms with Crippen LogP contribution in [0.2, 0.25) is 20.1 Å². The summed E-state index contributed by atoms with van der Waals surface area (Å²) in [6.07, 6.45) is -1.87. The number of halogens is 4. The van der Waals surface area contributed by atoms with E-state index >= 15 is 0 Å². The Hall–Kier alpha value is -1.70. The van der Waals surface area contributed by atoms with Gasteiger partial charge in [-0.15, -0.1) is 0 Å². The van der Waals surface area contributed by atoms with Gasteiger partial charge in [-0.2, -0.15) is 0 Å². The molecule has 0 spiro atoms. The van der Waals surface area contributed by atoms with Gasteiger partial charge >= 0.3 is 6.09 Å². The summed E-state index contributed by atoms with van der Waals surface area (Å²) in [5, 5.41) is 11.8. The average molecular weight is 478 g/mol. The summed E-state index contributed by atoms with van der Waals surface area (Å²) in [5.74, 6) is 0.177. The van der Waals surface area contributed by atoms with Gasteiger partial charge in [0.05, 0.1) is 33.2 Å². The van der Waals surface area contributed by atoms with Crippen molar-refractivity contribution in [2.45, 2.75) is 11.6 Å². The van der Waals surface area contributed by atoms with Gasteiger partial charge < -0.3 is 19.9 Å². The zero-order valence-corrected chi connectivity index (χ0v) is 18.1. The van der Waals surface area contributed by atoms with Crippen LogP contribution in [-0.4, -0.2) is 37.4 Å². The van der Waals surface area contributed by atoms with E-state index in [2.05, 4.69) is 10.3 Å². The van der Waals surface area contributed by atoms with Gasteiger partial charge in [-0.05, 0) is 11.6 Å². The van der Waals surface area contributed by atoms with Gasteiger partial charge in [0, 0.05) is 12.7 Å². The second-order valence-corrected chi connectivity index (χ2v) is 7.82. The van der Waals surface area contributed by atoms with Crippen LogP contribution < -0.4 is 5.32 Å². The van der Waals surface area contributed by atoms with Gasteiger partial charge in [0.2, 0.25) is 5.90 Å². The number of nitrogens with zero attached hydrogens (tertiary/aromatic N) is 1. The first-order valence-corrected chi connectivity index (χ1v) is 9.91. The van der Waals surface area contributed by atoms with Gasteiger partial charge in [-0.3, -0.25) is 0 Å². The topological polar surface area (TPSA) is 80.2 Å². The van der Waals surface area contributed by atoms with E-state index in [0.29, 0.717) is 5.56 Å². The van der Waals surface area contributed by atoms with Gasteiger partial charge in [-0.25, -0.2) is 9.79 Å². The highest BCUT2D eigenvalue weighted by molar-refractivity contribution is 6.52. The van der Waals surface area contributed by atoms with E-state index in [1.165, 1.54) is 7.11 Å². The number of hydrogen-bond donors (Lipinski definition) is 2. The normalized spacial score (nSPS) is 20.9. The van der Waals surface area contributed by atoms with Gasteiger partial charge in [0.15, 0.2) is 11.6 Å². The monoisotopic (exact) mass is 476 g/mol. The summed E-state index contributed by atoms with van der Waals surface area (Å²) in [7, 11) is 1.51. The number of carboxylic acid groups (broad SMARTS) is 1. The Kier molecular flexibility index (Phi) is 6.81. The molecule has 0 aliphatic carbocycles. The van der Waals surface area contributed by atoms with Crippen molar-refractivity contribution in [1.29, 1.82) is 0 Å². The van der Waals surface area contributed by atoms with Crippen LogP contribution >= 0.6 is 46.4 Å². The molecule has 154 valence electrons. The fourth-order valence-electron chi connectivity index (χ4n) is 3.24. The molecule has 2 N–H and O–H groups in total. The predicted octanol–water partition coefficient (Wildman–Crippen LogP) is 5.58. The molecule has 0 fully saturated rings. The molecule has 3 rings (SSSR count). The summed E-state index contributed by atoms with van der Waals surface area (Å²) in [4.78, 5) is 15.6. The Morgan fingerprint density at radius 1 is 1.21 bits per heavy atom. The maximum absolute atomic E-state index is 10.9. The second kappa shape index (κ2) is 8.98. The van der Waals surface area contributed by atoms with Crippen LogP contribution in [-0.2, 0) is 15.0 Å². The molecule has 1 aliphatic rings. The number of ether oxygens (including phenoxy) is 2. The summed E-state index contributed by atoms with van der Waals surface area (Å²) in [5.41, 5.74) is 0.0806. The molecule has 0 saturated carbocycles. The second-order valence-electron chi connectivity index (χ2n) is 6.28. The molecule has 2 atom stereocenters. The molecule has 0 saturated heterocycles. The van der Waals surface area contributed by atoms with Gasteiger partial charge in [-0.1, -0.05) is 76.7 Å². The Labute approximate surface area is 187 Å². The third-order valence-electron chi connectivity index (χ3n) is 4.44. The van der Waals surface area contributed by atoms with Crippen molar-refractivity contribution in [3.63, 3.8) is 0 Å². The molecular weight excluding hydrogens is 462 g/mol. The fraction of sp³-hybridized carbons (Fsp3) is 0.263. The number of amides is 1. The first-order chi connectivity index (χ1) is 13.8. The molecule has 6 nitrogen and oxygen atoms in total. The summed E-state index contributed by atoms with van der Waals surface area (Å²) >= 11 is 25.2. The van der Waals surface area contributed by atoms with E-state index in [0.717, 1.165) is 5.56 Å². The average Bonchev–Trinajstić information content (AvgIpc) is 3.08. The Bertz CT molecular complexity index is 955. The zero-order valence-electron chi connectivity index (χ0n) is 15.1. The van der Waals surface area contributed by atoms with Crippen molar-refractivity contribution in [3.05, 3.63) is 67.6 Å². The number of benzene rings is 2. The molecule has 1 aliphatic heterocycles. The maximum atomic E-state index is 10.9. The number of aliphatic imine (C=N–C) groups is 1. The molecule has 1 amide bonds. The number of rotatable bonds is 6. The van der Waals surface area contributed by atoms with Crippen LogP contribution in [0, 0.1) is 0 Å². The number of carbonyl (C=O) groups is 1. The minimum absolute atomic E-state index is 0.0666. The largest absolute Gasteiger partial charge is 0.468 e. The van der Waals surface area contributed by atoms with E-state index < -0.39 is 17.7 Å². The van der Waals surface area contributed by atoms with Crippen LogP contribution in [0.25, 0.3) is 0 Å². The molecule has 0 radical (unpaired) electrons. The standard InChI is InChI=1S/C19H16Cl4N2O4/c1-28-9-19(11-7-12(20)15(22)16(23)14(11)21)17(10-5-3-2-4-6-10)29-13(25-19)8-24-18(26)27/h2-7,17,24H,8-9H2,1H3,(H,26,27)/t17-,19+/m1/s1. The van der Waals surface area contributed by atoms with E-state index in [-0.39, 0.29) is 39.1 Å². The lowest BCUT2D eigenvalue weighted by molar-refractivity contribution is 0.0573. The molecule has 0 unspecified atom stereocenters. The minimum atomic E-state index is -1.20. The van der Waals surface area contributed by atoms with Crippen LogP contribution in [0.4, 0.5) is 4.79 Å². The van der Waals surface area contributed by atoms with Crippen molar-refractivity contribution >= 4 is 58.4 Å². The predicted molar refractivity (Wildman–Crippen MR) is 114 cm³/mol. The summed E-state index contributed by atoms with van der Waals surface area (Å²) in [6.45, 7) is -0.0616. The van der Waals surface area contributed by atoms with Crippen molar-refractivity contribution in [2.75, 3.05) is 20.3 Å². The van der Waals surface area contributed by atoms with Crippen LogP contribution in [0.1, 0.15) is 17.2 Å². The molecule has 29 heavy (non-hydrogen) atoms. The van der Waals surface area contributed by atoms with Crippen LogP contribution in [0.5, 0.6) is 0 Å². The van der Waals surface area contributed by atoms with Crippen molar-refractivity contribution in [3.8, 4) is 0 Å². The van der Waals surface area contributed by atoms with E-state index in [9.17, 15) is 4.79 Å². The summed E-state index contributed by atoms with van der Waals surface area (Å²) < 4.78 is 11.5. The van der Waals surface area contributed by atoms with Crippen molar-refractivity contribution < 1.29 is 19.4 Å². The lowest BCUT2D eigenvalue weighted by Gasteiger charge is -2.32. The molecular formula is C19H16Cl4N2O4. The Morgan fingerprint density at radius 2 is 1.90 bits per heavy atom. The molecule has 2 aromatic carbocycles.